The maximum absolute atomic E-state index is 11.1. The van der Waals surface area contributed by atoms with Crippen molar-refractivity contribution in [1.82, 2.24) is 0 Å². The fourth-order valence-corrected chi connectivity index (χ4v) is 2.25. The van der Waals surface area contributed by atoms with Gasteiger partial charge in [-0.3, -0.25) is 0 Å². The van der Waals surface area contributed by atoms with Gasteiger partial charge in [0.15, 0.2) is 0 Å². The first kappa shape index (κ1) is 10.0. The lowest BCUT2D eigenvalue weighted by atomic mass is 10.1. The molecule has 3 nitrogen and oxygen atoms in total. The van der Waals surface area contributed by atoms with Gasteiger partial charge >= 0.3 is 5.97 Å². The molecule has 0 amide bonds. The molecule has 0 radical (unpaired) electrons. The van der Waals surface area contributed by atoms with Crippen molar-refractivity contribution in [2.45, 2.75) is 32.4 Å². The van der Waals surface area contributed by atoms with Gasteiger partial charge in [-0.15, -0.1) is 0 Å². The first-order chi connectivity index (χ1) is 7.11. The molecule has 15 heavy (non-hydrogen) atoms. The molecule has 1 aliphatic heterocycles. The van der Waals surface area contributed by atoms with Crippen molar-refractivity contribution < 1.29 is 9.90 Å². The summed E-state index contributed by atoms with van der Waals surface area (Å²) in [7, 11) is 0. The van der Waals surface area contributed by atoms with E-state index in [0.717, 1.165) is 11.3 Å². The summed E-state index contributed by atoms with van der Waals surface area (Å²) in [6, 6.07) is 7.74. The van der Waals surface area contributed by atoms with Gasteiger partial charge in [0, 0.05) is 18.2 Å². The molecule has 1 unspecified atom stereocenters. The van der Waals surface area contributed by atoms with Crippen LogP contribution >= 0.6 is 0 Å². The van der Waals surface area contributed by atoms with Gasteiger partial charge in [0.05, 0.1) is 0 Å². The highest BCUT2D eigenvalue weighted by Crippen LogP contribution is 2.33. The molecule has 80 valence electrons. The Hall–Kier alpha value is -1.51. The zero-order chi connectivity index (χ0) is 11.0. The summed E-state index contributed by atoms with van der Waals surface area (Å²) in [5, 5.41) is 9.16. The molecule has 3 heteroatoms. The molecule has 0 saturated carbocycles. The van der Waals surface area contributed by atoms with E-state index in [1.807, 2.05) is 43.0 Å². The summed E-state index contributed by atoms with van der Waals surface area (Å²) in [5.41, 5.74) is 2.21. The van der Waals surface area contributed by atoms with E-state index in [4.69, 9.17) is 5.11 Å². The molecule has 0 bridgehead atoms. The van der Waals surface area contributed by atoms with Crippen LogP contribution in [0.4, 0.5) is 5.69 Å². The van der Waals surface area contributed by atoms with Crippen molar-refractivity contribution in [1.29, 1.82) is 0 Å². The Morgan fingerprint density at radius 2 is 2.13 bits per heavy atom. The molecule has 1 aromatic rings. The summed E-state index contributed by atoms with van der Waals surface area (Å²) in [5.74, 6) is -0.736. The lowest BCUT2D eigenvalue weighted by Crippen LogP contribution is -2.42. The van der Waals surface area contributed by atoms with Crippen LogP contribution in [0.1, 0.15) is 19.4 Å². The molecular formula is C12H15NO2. The minimum Gasteiger partial charge on any atom is -0.480 e. The second-order valence-corrected chi connectivity index (χ2v) is 4.19. The number of carboxylic acid groups (broad SMARTS) is 1. The average Bonchev–Trinajstić information content (AvgIpc) is 2.56. The summed E-state index contributed by atoms with van der Waals surface area (Å²) < 4.78 is 0. The van der Waals surface area contributed by atoms with E-state index in [1.165, 1.54) is 0 Å². The van der Waals surface area contributed by atoms with Gasteiger partial charge in [0.25, 0.3) is 0 Å². The van der Waals surface area contributed by atoms with Crippen molar-refractivity contribution in [3.05, 3.63) is 29.8 Å². The molecule has 1 atom stereocenters. The monoisotopic (exact) mass is 205 g/mol. The summed E-state index contributed by atoms with van der Waals surface area (Å²) in [6.07, 6.45) is 0.615. The fraction of sp³-hybridized carbons (Fsp3) is 0.417. The van der Waals surface area contributed by atoms with Crippen LogP contribution in [0.15, 0.2) is 24.3 Å². The zero-order valence-electron chi connectivity index (χ0n) is 8.97. The smallest absolute Gasteiger partial charge is 0.326 e. The van der Waals surface area contributed by atoms with Crippen LogP contribution in [-0.2, 0) is 11.2 Å². The largest absolute Gasteiger partial charge is 0.480 e. The lowest BCUT2D eigenvalue weighted by molar-refractivity contribution is -0.138. The van der Waals surface area contributed by atoms with E-state index in [2.05, 4.69) is 0 Å². The van der Waals surface area contributed by atoms with Crippen LogP contribution in [0.25, 0.3) is 0 Å². The molecule has 1 aliphatic rings. The van der Waals surface area contributed by atoms with Crippen molar-refractivity contribution in [2.75, 3.05) is 4.90 Å². The lowest BCUT2D eigenvalue weighted by Gasteiger charge is -2.28. The molecule has 1 heterocycles. The van der Waals surface area contributed by atoms with Gasteiger partial charge < -0.3 is 10.0 Å². The van der Waals surface area contributed by atoms with Crippen LogP contribution < -0.4 is 4.90 Å². The summed E-state index contributed by atoms with van der Waals surface area (Å²) in [4.78, 5) is 13.1. The number of aliphatic carboxylic acids is 1. The van der Waals surface area contributed by atoms with Gasteiger partial charge in [0.1, 0.15) is 6.04 Å². The first-order valence-electron chi connectivity index (χ1n) is 5.20. The standard InChI is InChI=1S/C12H15NO2/c1-8(2)13-10-6-4-3-5-9(10)7-11(13)12(14)15/h3-6,8,11H,7H2,1-2H3,(H,14,15). The van der Waals surface area contributed by atoms with Crippen LogP contribution in [0.5, 0.6) is 0 Å². The number of para-hydroxylation sites is 1. The quantitative estimate of drug-likeness (QED) is 0.801. The van der Waals surface area contributed by atoms with Crippen molar-refractivity contribution in [3.8, 4) is 0 Å². The number of benzene rings is 1. The predicted octanol–water partition coefficient (Wildman–Crippen LogP) is 1.91. The van der Waals surface area contributed by atoms with E-state index in [0.29, 0.717) is 6.42 Å². The molecule has 1 N–H and O–H groups in total. The highest BCUT2D eigenvalue weighted by Gasteiger charge is 2.35. The molecule has 0 aromatic heterocycles. The third-order valence-electron chi connectivity index (χ3n) is 2.86. The highest BCUT2D eigenvalue weighted by molar-refractivity contribution is 5.82. The van der Waals surface area contributed by atoms with E-state index in [-0.39, 0.29) is 6.04 Å². The van der Waals surface area contributed by atoms with Crippen molar-refractivity contribution in [2.24, 2.45) is 0 Å². The van der Waals surface area contributed by atoms with Crippen molar-refractivity contribution >= 4 is 11.7 Å². The van der Waals surface area contributed by atoms with E-state index in [9.17, 15) is 4.79 Å². The Balaban J connectivity index is 2.42. The van der Waals surface area contributed by atoms with Gasteiger partial charge in [-0.05, 0) is 25.5 Å². The minimum absolute atomic E-state index is 0.217. The van der Waals surface area contributed by atoms with Gasteiger partial charge in [-0.25, -0.2) is 4.79 Å². The number of anilines is 1. The number of carboxylic acids is 1. The van der Waals surface area contributed by atoms with Gasteiger partial charge in [0.2, 0.25) is 0 Å². The Kier molecular flexibility index (Phi) is 2.39. The number of hydrogen-bond donors (Lipinski definition) is 1. The molecule has 1 aromatic carbocycles. The number of nitrogens with zero attached hydrogens (tertiary/aromatic N) is 1. The second-order valence-electron chi connectivity index (χ2n) is 4.19. The van der Waals surface area contributed by atoms with Crippen LogP contribution in [0.2, 0.25) is 0 Å². The maximum Gasteiger partial charge on any atom is 0.326 e. The molecule has 0 saturated heterocycles. The Morgan fingerprint density at radius 1 is 1.47 bits per heavy atom. The summed E-state index contributed by atoms with van der Waals surface area (Å²) in [6.45, 7) is 4.05. The van der Waals surface area contributed by atoms with Crippen molar-refractivity contribution in [3.63, 3.8) is 0 Å². The number of carbonyl (C=O) groups is 1. The van der Waals surface area contributed by atoms with Crippen LogP contribution in [0.3, 0.4) is 0 Å². The minimum atomic E-state index is -0.736. The zero-order valence-corrected chi connectivity index (χ0v) is 8.97. The third-order valence-corrected chi connectivity index (χ3v) is 2.86. The normalized spacial score (nSPS) is 19.4. The number of rotatable bonds is 2. The molecule has 0 spiro atoms. The van der Waals surface area contributed by atoms with Crippen LogP contribution in [-0.4, -0.2) is 23.2 Å². The third kappa shape index (κ3) is 1.58. The van der Waals surface area contributed by atoms with E-state index >= 15 is 0 Å². The number of hydrogen-bond acceptors (Lipinski definition) is 2. The Morgan fingerprint density at radius 3 is 2.73 bits per heavy atom. The number of fused-ring (bicyclic) bond motifs is 1. The van der Waals surface area contributed by atoms with Crippen LogP contribution in [0, 0.1) is 0 Å². The topological polar surface area (TPSA) is 40.5 Å². The maximum atomic E-state index is 11.1. The van der Waals surface area contributed by atoms with Gasteiger partial charge in [-0.2, -0.15) is 0 Å². The SMILES string of the molecule is CC(C)N1c2ccccc2CC1C(=O)O. The van der Waals surface area contributed by atoms with E-state index in [1.54, 1.807) is 0 Å². The highest BCUT2D eigenvalue weighted by atomic mass is 16.4. The molecule has 0 aliphatic carbocycles. The average molecular weight is 205 g/mol. The molecule has 2 rings (SSSR count). The fourth-order valence-electron chi connectivity index (χ4n) is 2.25. The predicted molar refractivity (Wildman–Crippen MR) is 59.2 cm³/mol. The van der Waals surface area contributed by atoms with Gasteiger partial charge in [-0.1, -0.05) is 18.2 Å². The first-order valence-corrected chi connectivity index (χ1v) is 5.20. The molecular weight excluding hydrogens is 190 g/mol. The Bertz CT molecular complexity index is 387. The summed E-state index contributed by atoms with van der Waals surface area (Å²) >= 11 is 0. The Labute approximate surface area is 89.3 Å². The molecule has 0 fully saturated rings. The van der Waals surface area contributed by atoms with E-state index < -0.39 is 12.0 Å². The second kappa shape index (κ2) is 3.57.